The van der Waals surface area contributed by atoms with Crippen molar-refractivity contribution in [3.63, 3.8) is 0 Å². The minimum Gasteiger partial charge on any atom is -0.343 e. The summed E-state index contributed by atoms with van der Waals surface area (Å²) in [4.78, 5) is 16.9. The summed E-state index contributed by atoms with van der Waals surface area (Å²) in [6.45, 7) is 13.5. The second-order valence-corrected chi connectivity index (χ2v) is 5.32. The molecule has 112 valence electrons. The van der Waals surface area contributed by atoms with Crippen LogP contribution in [0.25, 0.3) is 0 Å². The molecule has 0 aliphatic carbocycles. The Balaban J connectivity index is 2.33. The highest BCUT2D eigenvalue weighted by Gasteiger charge is 2.24. The van der Waals surface area contributed by atoms with E-state index in [4.69, 9.17) is 0 Å². The van der Waals surface area contributed by atoms with Gasteiger partial charge in [-0.15, -0.1) is 0 Å². The molecule has 4 heteroatoms. The van der Waals surface area contributed by atoms with Crippen molar-refractivity contribution in [3.05, 3.63) is 0 Å². The van der Waals surface area contributed by atoms with Gasteiger partial charge in [-0.25, -0.2) is 0 Å². The van der Waals surface area contributed by atoms with Crippen LogP contribution in [0, 0.1) is 5.92 Å². The summed E-state index contributed by atoms with van der Waals surface area (Å²) in [6.07, 6.45) is 3.10. The van der Waals surface area contributed by atoms with Crippen LogP contribution in [-0.4, -0.2) is 61.5 Å². The highest BCUT2D eigenvalue weighted by atomic mass is 16.2. The van der Waals surface area contributed by atoms with Crippen molar-refractivity contribution < 1.29 is 4.79 Å². The summed E-state index contributed by atoms with van der Waals surface area (Å²) < 4.78 is 0. The van der Waals surface area contributed by atoms with Gasteiger partial charge in [0.15, 0.2) is 0 Å². The number of carbonyl (C=O) groups excluding carboxylic acids is 1. The van der Waals surface area contributed by atoms with Crippen LogP contribution in [-0.2, 0) is 4.79 Å². The highest BCUT2D eigenvalue weighted by molar-refractivity contribution is 5.78. The quantitative estimate of drug-likeness (QED) is 0.726. The minimum absolute atomic E-state index is 0.259. The lowest BCUT2D eigenvalue weighted by Crippen LogP contribution is -2.42. The predicted octanol–water partition coefficient (Wildman–Crippen LogP) is 1.57. The van der Waals surface area contributed by atoms with Crippen molar-refractivity contribution in [1.29, 1.82) is 0 Å². The van der Waals surface area contributed by atoms with E-state index in [0.717, 1.165) is 65.1 Å². The molecule has 1 rings (SSSR count). The molecular formula is C15H31N3O. The van der Waals surface area contributed by atoms with Crippen molar-refractivity contribution in [3.8, 4) is 0 Å². The smallest absolute Gasteiger partial charge is 0.225 e. The molecule has 1 fully saturated rings. The zero-order valence-electron chi connectivity index (χ0n) is 13.0. The fourth-order valence-corrected chi connectivity index (χ4v) is 2.78. The van der Waals surface area contributed by atoms with Gasteiger partial charge < -0.3 is 15.1 Å². The molecule has 4 nitrogen and oxygen atoms in total. The Bertz CT molecular complexity index is 248. The monoisotopic (exact) mass is 269 g/mol. The van der Waals surface area contributed by atoms with Gasteiger partial charge in [0, 0.05) is 19.0 Å². The highest BCUT2D eigenvalue weighted by Crippen LogP contribution is 2.15. The Hall–Kier alpha value is -0.610. The summed E-state index contributed by atoms with van der Waals surface area (Å²) in [5, 5.41) is 3.32. The molecule has 0 unspecified atom stereocenters. The van der Waals surface area contributed by atoms with Crippen LogP contribution in [0.15, 0.2) is 0 Å². The maximum Gasteiger partial charge on any atom is 0.225 e. The molecule has 0 aromatic rings. The first-order valence-electron chi connectivity index (χ1n) is 7.94. The number of carbonyl (C=O) groups is 1. The molecule has 0 bridgehead atoms. The van der Waals surface area contributed by atoms with Gasteiger partial charge in [-0.05, 0) is 58.9 Å². The van der Waals surface area contributed by atoms with Crippen molar-refractivity contribution >= 4 is 5.91 Å². The second-order valence-electron chi connectivity index (χ2n) is 5.32. The van der Waals surface area contributed by atoms with E-state index in [-0.39, 0.29) is 5.92 Å². The number of hydrogen-bond acceptors (Lipinski definition) is 3. The van der Waals surface area contributed by atoms with Crippen LogP contribution in [0.3, 0.4) is 0 Å². The Kier molecular flexibility index (Phi) is 8.07. The lowest BCUT2D eigenvalue weighted by molar-refractivity contribution is -0.136. The fourth-order valence-electron chi connectivity index (χ4n) is 2.78. The van der Waals surface area contributed by atoms with Crippen LogP contribution >= 0.6 is 0 Å². The van der Waals surface area contributed by atoms with E-state index in [1.807, 2.05) is 0 Å². The van der Waals surface area contributed by atoms with Crippen LogP contribution in [0.1, 0.15) is 40.0 Å². The number of nitrogens with one attached hydrogen (secondary N) is 1. The normalized spacial score (nSPS) is 16.8. The van der Waals surface area contributed by atoms with Crippen LogP contribution < -0.4 is 5.32 Å². The molecule has 0 radical (unpaired) electrons. The average molecular weight is 269 g/mol. The zero-order valence-corrected chi connectivity index (χ0v) is 13.0. The van der Waals surface area contributed by atoms with Gasteiger partial charge in [0.2, 0.25) is 5.91 Å². The molecule has 1 saturated heterocycles. The number of hydrogen-bond donors (Lipinski definition) is 1. The fraction of sp³-hybridized carbons (Fsp3) is 0.933. The zero-order chi connectivity index (χ0) is 14.1. The third-order valence-electron chi connectivity index (χ3n) is 4.18. The number of nitrogens with zero attached hydrogens (tertiary/aromatic N) is 2. The van der Waals surface area contributed by atoms with Gasteiger partial charge in [-0.3, -0.25) is 4.79 Å². The Labute approximate surface area is 118 Å². The van der Waals surface area contributed by atoms with Gasteiger partial charge in [0.1, 0.15) is 0 Å². The van der Waals surface area contributed by atoms with Gasteiger partial charge in [0.25, 0.3) is 0 Å². The topological polar surface area (TPSA) is 35.6 Å². The molecule has 0 saturated carbocycles. The van der Waals surface area contributed by atoms with Gasteiger partial charge >= 0.3 is 0 Å². The maximum absolute atomic E-state index is 12.4. The lowest BCUT2D eigenvalue weighted by Gasteiger charge is -2.29. The Morgan fingerprint density at radius 2 is 1.68 bits per heavy atom. The Morgan fingerprint density at radius 3 is 2.21 bits per heavy atom. The van der Waals surface area contributed by atoms with E-state index in [1.165, 1.54) is 0 Å². The maximum atomic E-state index is 12.4. The van der Waals surface area contributed by atoms with E-state index in [1.54, 1.807) is 0 Å². The van der Waals surface area contributed by atoms with E-state index in [9.17, 15) is 4.79 Å². The van der Waals surface area contributed by atoms with Crippen molar-refractivity contribution in [2.75, 3.05) is 45.8 Å². The summed E-state index contributed by atoms with van der Waals surface area (Å²) in [5.74, 6) is 0.637. The predicted molar refractivity (Wildman–Crippen MR) is 80.3 cm³/mol. The first-order chi connectivity index (χ1) is 9.22. The van der Waals surface area contributed by atoms with Crippen molar-refractivity contribution in [1.82, 2.24) is 15.1 Å². The van der Waals surface area contributed by atoms with Crippen molar-refractivity contribution in [2.45, 2.75) is 40.0 Å². The molecule has 0 spiro atoms. The van der Waals surface area contributed by atoms with Gasteiger partial charge in [-0.2, -0.15) is 0 Å². The number of amides is 1. The third-order valence-corrected chi connectivity index (χ3v) is 4.18. The molecule has 1 aliphatic heterocycles. The van der Waals surface area contributed by atoms with E-state index >= 15 is 0 Å². The number of piperidine rings is 1. The second kappa shape index (κ2) is 9.32. The summed E-state index contributed by atoms with van der Waals surface area (Å²) in [5.41, 5.74) is 0. The molecule has 19 heavy (non-hydrogen) atoms. The van der Waals surface area contributed by atoms with E-state index < -0.39 is 0 Å². The van der Waals surface area contributed by atoms with E-state index in [2.05, 4.69) is 35.9 Å². The largest absolute Gasteiger partial charge is 0.343 e. The molecule has 1 N–H and O–H groups in total. The first kappa shape index (κ1) is 16.4. The van der Waals surface area contributed by atoms with Gasteiger partial charge in [-0.1, -0.05) is 13.8 Å². The molecule has 1 heterocycles. The molecule has 1 aliphatic rings. The molecule has 1 amide bonds. The first-order valence-corrected chi connectivity index (χ1v) is 7.94. The lowest BCUT2D eigenvalue weighted by atomic mass is 9.96. The molecule has 0 atom stereocenters. The molecular weight excluding hydrogens is 238 g/mol. The van der Waals surface area contributed by atoms with Crippen molar-refractivity contribution in [2.24, 2.45) is 5.92 Å². The summed E-state index contributed by atoms with van der Waals surface area (Å²) in [6, 6.07) is 0. The third kappa shape index (κ3) is 5.49. The number of rotatable bonds is 8. The summed E-state index contributed by atoms with van der Waals surface area (Å²) >= 11 is 0. The van der Waals surface area contributed by atoms with E-state index in [0.29, 0.717) is 5.91 Å². The SMILES string of the molecule is CCN(CC)CCCN(CC)C(=O)C1CCNCC1. The van der Waals surface area contributed by atoms with Crippen LogP contribution in [0.4, 0.5) is 0 Å². The molecule has 0 aromatic carbocycles. The van der Waals surface area contributed by atoms with Crippen LogP contribution in [0.2, 0.25) is 0 Å². The average Bonchev–Trinajstić information content (AvgIpc) is 2.48. The van der Waals surface area contributed by atoms with Gasteiger partial charge in [0.05, 0.1) is 0 Å². The standard InChI is InChI=1S/C15H31N3O/c1-4-17(5-2)12-7-13-18(6-3)15(19)14-8-10-16-11-9-14/h14,16H,4-13H2,1-3H3. The molecule has 0 aromatic heterocycles. The Morgan fingerprint density at radius 1 is 1.05 bits per heavy atom. The summed E-state index contributed by atoms with van der Waals surface area (Å²) in [7, 11) is 0. The van der Waals surface area contributed by atoms with Crippen LogP contribution in [0.5, 0.6) is 0 Å². The minimum atomic E-state index is 0.259.